The van der Waals surface area contributed by atoms with E-state index in [2.05, 4.69) is 20.6 Å². The largest absolute Gasteiger partial charge is 0.350 e. The minimum Gasteiger partial charge on any atom is -0.350 e. The molecule has 0 saturated carbocycles. The molecule has 3 rings (SSSR count). The van der Waals surface area contributed by atoms with Crippen molar-refractivity contribution in [3.05, 3.63) is 69.8 Å². The van der Waals surface area contributed by atoms with Gasteiger partial charge in [-0.25, -0.2) is 4.98 Å². The first-order valence-corrected chi connectivity index (χ1v) is 9.91. The highest BCUT2D eigenvalue weighted by Crippen LogP contribution is 2.22. The van der Waals surface area contributed by atoms with Crippen LogP contribution in [0.4, 0.5) is 0 Å². The van der Waals surface area contributed by atoms with E-state index in [0.29, 0.717) is 11.6 Å². The van der Waals surface area contributed by atoms with E-state index in [1.807, 2.05) is 17.5 Å². The van der Waals surface area contributed by atoms with Crippen LogP contribution in [0.5, 0.6) is 0 Å². The van der Waals surface area contributed by atoms with Crippen LogP contribution >= 0.6 is 22.9 Å². The fraction of sp³-hybridized carbons (Fsp3) is 0.200. The van der Waals surface area contributed by atoms with Crippen molar-refractivity contribution in [1.82, 2.24) is 20.6 Å². The lowest BCUT2D eigenvalue weighted by atomic mass is 10.0. The fourth-order valence-electron chi connectivity index (χ4n) is 2.67. The molecular formula is C20H19ClN4O2S. The van der Waals surface area contributed by atoms with Crippen LogP contribution in [-0.4, -0.2) is 21.8 Å². The number of benzene rings is 1. The molecule has 2 N–H and O–H groups in total. The number of halogens is 1. The summed E-state index contributed by atoms with van der Waals surface area (Å²) in [6.07, 6.45) is 3.56. The average molecular weight is 415 g/mol. The normalized spacial score (nSPS) is 11.6. The van der Waals surface area contributed by atoms with Crippen molar-refractivity contribution in [3.8, 4) is 11.3 Å². The zero-order valence-corrected chi connectivity index (χ0v) is 16.8. The van der Waals surface area contributed by atoms with E-state index in [-0.39, 0.29) is 18.2 Å². The van der Waals surface area contributed by atoms with Gasteiger partial charge in [0.15, 0.2) is 0 Å². The highest BCUT2D eigenvalue weighted by atomic mass is 35.5. The summed E-state index contributed by atoms with van der Waals surface area (Å²) in [7, 11) is 0. The molecule has 0 aliphatic rings. The summed E-state index contributed by atoms with van der Waals surface area (Å²) >= 11 is 7.40. The lowest BCUT2D eigenvalue weighted by Crippen LogP contribution is -2.32. The highest BCUT2D eigenvalue weighted by Gasteiger charge is 2.17. The molecule has 2 aromatic heterocycles. The molecule has 0 aliphatic carbocycles. The van der Waals surface area contributed by atoms with Gasteiger partial charge in [0, 0.05) is 35.3 Å². The second-order valence-corrected chi connectivity index (χ2v) is 7.53. The fourth-order valence-corrected chi connectivity index (χ4v) is 3.54. The van der Waals surface area contributed by atoms with E-state index in [0.717, 1.165) is 21.8 Å². The second kappa shape index (κ2) is 9.43. The molecule has 0 spiro atoms. The van der Waals surface area contributed by atoms with Gasteiger partial charge >= 0.3 is 0 Å². The molecule has 8 heteroatoms. The summed E-state index contributed by atoms with van der Waals surface area (Å²) in [6, 6.07) is 10.4. The monoisotopic (exact) mass is 414 g/mol. The van der Waals surface area contributed by atoms with Gasteiger partial charge in [-0.05, 0) is 29.8 Å². The van der Waals surface area contributed by atoms with Crippen molar-refractivity contribution in [2.45, 2.75) is 25.9 Å². The van der Waals surface area contributed by atoms with Crippen LogP contribution in [0.25, 0.3) is 11.3 Å². The van der Waals surface area contributed by atoms with E-state index in [1.54, 1.807) is 36.7 Å². The Bertz CT molecular complexity index is 944. The van der Waals surface area contributed by atoms with Crippen LogP contribution in [0.15, 0.2) is 54.2 Å². The standard InChI is InChI=1S/C20H19ClN4O2S/c1-13(26)24-17(14-2-4-16(21)5-3-14)10-19(27)23-11-20-25-18(12-28-20)15-6-8-22-9-7-15/h2-9,12,17H,10-11H2,1H3,(H,23,27)(H,24,26). The third-order valence-corrected chi connectivity index (χ3v) is 5.10. The van der Waals surface area contributed by atoms with Crippen LogP contribution in [0.1, 0.15) is 30.0 Å². The number of pyridine rings is 1. The first-order chi connectivity index (χ1) is 13.5. The molecule has 6 nitrogen and oxygen atoms in total. The van der Waals surface area contributed by atoms with Crippen molar-refractivity contribution in [1.29, 1.82) is 0 Å². The van der Waals surface area contributed by atoms with Gasteiger partial charge in [0.2, 0.25) is 11.8 Å². The molecule has 28 heavy (non-hydrogen) atoms. The van der Waals surface area contributed by atoms with E-state index in [4.69, 9.17) is 11.6 Å². The molecule has 0 aliphatic heterocycles. The highest BCUT2D eigenvalue weighted by molar-refractivity contribution is 7.09. The number of aromatic nitrogens is 2. The summed E-state index contributed by atoms with van der Waals surface area (Å²) in [6.45, 7) is 1.76. The van der Waals surface area contributed by atoms with Gasteiger partial charge in [-0.2, -0.15) is 0 Å². The maximum Gasteiger partial charge on any atom is 0.222 e. The van der Waals surface area contributed by atoms with E-state index in [9.17, 15) is 9.59 Å². The zero-order chi connectivity index (χ0) is 19.9. The van der Waals surface area contributed by atoms with Gasteiger partial charge in [-0.1, -0.05) is 23.7 Å². The van der Waals surface area contributed by atoms with Crippen molar-refractivity contribution < 1.29 is 9.59 Å². The van der Waals surface area contributed by atoms with Crippen LogP contribution in [0.3, 0.4) is 0 Å². The van der Waals surface area contributed by atoms with Crippen LogP contribution in [0.2, 0.25) is 5.02 Å². The van der Waals surface area contributed by atoms with Gasteiger partial charge in [0.05, 0.1) is 24.7 Å². The number of carbonyl (C=O) groups is 2. The number of hydrogen-bond donors (Lipinski definition) is 2. The minimum absolute atomic E-state index is 0.129. The molecule has 0 radical (unpaired) electrons. The number of nitrogens with zero attached hydrogens (tertiary/aromatic N) is 2. The quantitative estimate of drug-likeness (QED) is 0.616. The lowest BCUT2D eigenvalue weighted by Gasteiger charge is -2.18. The first kappa shape index (κ1) is 20.0. The van der Waals surface area contributed by atoms with E-state index in [1.165, 1.54) is 18.3 Å². The predicted molar refractivity (Wildman–Crippen MR) is 110 cm³/mol. The first-order valence-electron chi connectivity index (χ1n) is 8.65. The Morgan fingerprint density at radius 1 is 1.14 bits per heavy atom. The van der Waals surface area contributed by atoms with Crippen molar-refractivity contribution in [2.24, 2.45) is 0 Å². The van der Waals surface area contributed by atoms with Crippen LogP contribution in [0, 0.1) is 0 Å². The Kier molecular flexibility index (Phi) is 6.73. The van der Waals surface area contributed by atoms with Gasteiger partial charge in [-0.3, -0.25) is 14.6 Å². The Labute approximate surface area is 172 Å². The number of rotatable bonds is 7. The molecular weight excluding hydrogens is 396 g/mol. The molecule has 0 saturated heterocycles. The number of thiazole rings is 1. The van der Waals surface area contributed by atoms with Crippen LogP contribution in [-0.2, 0) is 16.1 Å². The number of carbonyl (C=O) groups excluding carboxylic acids is 2. The van der Waals surface area contributed by atoms with E-state index < -0.39 is 6.04 Å². The predicted octanol–water partition coefficient (Wildman–Crippen LogP) is 3.74. The third kappa shape index (κ3) is 5.61. The maximum atomic E-state index is 12.4. The molecule has 1 atom stereocenters. The SMILES string of the molecule is CC(=O)NC(CC(=O)NCc1nc(-c2ccncc2)cs1)c1ccc(Cl)cc1. The summed E-state index contributed by atoms with van der Waals surface area (Å²) in [5.41, 5.74) is 2.66. The molecule has 1 aromatic carbocycles. The Balaban J connectivity index is 1.59. The van der Waals surface area contributed by atoms with Gasteiger partial charge in [0.1, 0.15) is 5.01 Å². The van der Waals surface area contributed by atoms with Gasteiger partial charge < -0.3 is 10.6 Å². The summed E-state index contributed by atoms with van der Waals surface area (Å²) < 4.78 is 0. The molecule has 3 aromatic rings. The topological polar surface area (TPSA) is 84.0 Å². The smallest absolute Gasteiger partial charge is 0.222 e. The third-order valence-electron chi connectivity index (χ3n) is 4.00. The Hall–Kier alpha value is -2.77. The molecule has 2 heterocycles. The van der Waals surface area contributed by atoms with Crippen molar-refractivity contribution in [3.63, 3.8) is 0 Å². The summed E-state index contributed by atoms with van der Waals surface area (Å²) in [5.74, 6) is -0.371. The number of amides is 2. The number of hydrogen-bond acceptors (Lipinski definition) is 5. The summed E-state index contributed by atoms with van der Waals surface area (Å²) in [4.78, 5) is 32.5. The van der Waals surface area contributed by atoms with Crippen molar-refractivity contribution >= 4 is 34.8 Å². The molecule has 144 valence electrons. The van der Waals surface area contributed by atoms with Crippen molar-refractivity contribution in [2.75, 3.05) is 0 Å². The molecule has 1 unspecified atom stereocenters. The van der Waals surface area contributed by atoms with Gasteiger partial charge in [0.25, 0.3) is 0 Å². The van der Waals surface area contributed by atoms with Crippen LogP contribution < -0.4 is 10.6 Å². The second-order valence-electron chi connectivity index (χ2n) is 6.15. The van der Waals surface area contributed by atoms with Gasteiger partial charge in [-0.15, -0.1) is 11.3 Å². The molecule has 2 amide bonds. The maximum absolute atomic E-state index is 12.4. The Morgan fingerprint density at radius 2 is 1.86 bits per heavy atom. The zero-order valence-electron chi connectivity index (χ0n) is 15.2. The minimum atomic E-state index is -0.418. The lowest BCUT2D eigenvalue weighted by molar-refractivity contribution is -0.122. The summed E-state index contributed by atoms with van der Waals surface area (Å²) in [5, 5.41) is 9.03. The Morgan fingerprint density at radius 3 is 2.54 bits per heavy atom. The number of nitrogens with one attached hydrogen (secondary N) is 2. The molecule has 0 bridgehead atoms. The van der Waals surface area contributed by atoms with E-state index >= 15 is 0 Å². The molecule has 0 fully saturated rings. The average Bonchev–Trinajstić information content (AvgIpc) is 3.16.